The van der Waals surface area contributed by atoms with Gasteiger partial charge in [0, 0.05) is 0 Å². The number of hydrogen-bond donors (Lipinski definition) is 0. The Morgan fingerprint density at radius 1 is 0.667 bits per heavy atom. The first-order valence-electron chi connectivity index (χ1n) is 7.81. The van der Waals surface area contributed by atoms with Crippen LogP contribution < -0.4 is 4.90 Å². The van der Waals surface area contributed by atoms with Crippen LogP contribution in [0.5, 0.6) is 0 Å². The van der Waals surface area contributed by atoms with Gasteiger partial charge in [-0.05, 0) is 47.9 Å². The van der Waals surface area contributed by atoms with E-state index in [1.54, 1.807) is 24.3 Å². The lowest BCUT2D eigenvalue weighted by Crippen LogP contribution is -2.30. The smallest absolute Gasteiger partial charge is 0.266 e. The minimum absolute atomic E-state index is 0.258. The van der Waals surface area contributed by atoms with Crippen LogP contribution in [0.4, 0.5) is 5.69 Å². The van der Waals surface area contributed by atoms with E-state index >= 15 is 0 Å². The number of aryl methyl sites for hydroxylation is 1. The molecule has 2 amide bonds. The lowest BCUT2D eigenvalue weighted by molar-refractivity contribution is 0.0926. The van der Waals surface area contributed by atoms with Crippen molar-refractivity contribution < 1.29 is 9.59 Å². The Labute approximate surface area is 140 Å². The molecule has 24 heavy (non-hydrogen) atoms. The van der Waals surface area contributed by atoms with Crippen molar-refractivity contribution in [2.24, 2.45) is 0 Å². The minimum Gasteiger partial charge on any atom is -0.268 e. The molecule has 0 unspecified atom stereocenters. The van der Waals surface area contributed by atoms with Gasteiger partial charge in [0.2, 0.25) is 0 Å². The molecule has 0 radical (unpaired) electrons. The van der Waals surface area contributed by atoms with Gasteiger partial charge in [0.05, 0.1) is 16.8 Å². The number of imide groups is 1. The van der Waals surface area contributed by atoms with Gasteiger partial charge in [0.25, 0.3) is 11.8 Å². The second-order valence-corrected chi connectivity index (χ2v) is 5.86. The molecular weight excluding hydrogens is 298 g/mol. The molecular formula is C21H15NO2. The number of anilines is 1. The van der Waals surface area contributed by atoms with Crippen molar-refractivity contribution in [3.8, 4) is 11.1 Å². The normalized spacial score (nSPS) is 13.3. The van der Waals surface area contributed by atoms with Crippen molar-refractivity contribution in [2.45, 2.75) is 6.92 Å². The Balaban J connectivity index is 1.76. The van der Waals surface area contributed by atoms with Gasteiger partial charge in [0.1, 0.15) is 0 Å². The van der Waals surface area contributed by atoms with Crippen LogP contribution in [0.3, 0.4) is 0 Å². The van der Waals surface area contributed by atoms with Crippen LogP contribution in [0.25, 0.3) is 11.1 Å². The second-order valence-electron chi connectivity index (χ2n) is 5.86. The molecule has 0 bridgehead atoms. The standard InChI is InChI=1S/C21H15NO2/c1-14-13-16(15-7-3-2-4-8-15)11-12-19(14)22-20(23)17-9-5-6-10-18(17)21(22)24/h2-13H,1H3. The predicted molar refractivity (Wildman–Crippen MR) is 94.2 cm³/mol. The van der Waals surface area contributed by atoms with Crippen molar-refractivity contribution in [1.29, 1.82) is 0 Å². The van der Waals surface area contributed by atoms with E-state index in [2.05, 4.69) is 0 Å². The maximum absolute atomic E-state index is 12.6. The minimum atomic E-state index is -0.258. The molecule has 0 atom stereocenters. The largest absolute Gasteiger partial charge is 0.268 e. The number of amides is 2. The number of rotatable bonds is 2. The van der Waals surface area contributed by atoms with Crippen LogP contribution in [-0.2, 0) is 0 Å². The topological polar surface area (TPSA) is 37.4 Å². The quantitative estimate of drug-likeness (QED) is 0.655. The average molecular weight is 313 g/mol. The summed E-state index contributed by atoms with van der Waals surface area (Å²) in [7, 11) is 0. The summed E-state index contributed by atoms with van der Waals surface area (Å²) >= 11 is 0. The first-order valence-corrected chi connectivity index (χ1v) is 7.81. The maximum atomic E-state index is 12.6. The Hall–Kier alpha value is -3.20. The van der Waals surface area contributed by atoms with Gasteiger partial charge in [-0.25, -0.2) is 4.90 Å². The zero-order valence-corrected chi connectivity index (χ0v) is 13.2. The highest BCUT2D eigenvalue weighted by atomic mass is 16.2. The highest BCUT2D eigenvalue weighted by Crippen LogP contribution is 2.32. The fourth-order valence-corrected chi connectivity index (χ4v) is 3.12. The molecule has 0 saturated carbocycles. The SMILES string of the molecule is Cc1cc(-c2ccccc2)ccc1N1C(=O)c2ccccc2C1=O. The first kappa shape index (κ1) is 14.4. The van der Waals surface area contributed by atoms with Gasteiger partial charge in [-0.2, -0.15) is 0 Å². The van der Waals surface area contributed by atoms with E-state index in [1.165, 1.54) is 4.90 Å². The molecule has 0 saturated heterocycles. The number of benzene rings is 3. The molecule has 0 fully saturated rings. The summed E-state index contributed by atoms with van der Waals surface area (Å²) in [5.74, 6) is -0.516. The van der Waals surface area contributed by atoms with Crippen LogP contribution in [0, 0.1) is 6.92 Å². The van der Waals surface area contributed by atoms with Gasteiger partial charge in [-0.3, -0.25) is 9.59 Å². The molecule has 3 aromatic carbocycles. The summed E-state index contributed by atoms with van der Waals surface area (Å²) in [4.78, 5) is 26.5. The van der Waals surface area contributed by atoms with Gasteiger partial charge in [0.15, 0.2) is 0 Å². The lowest BCUT2D eigenvalue weighted by Gasteiger charge is -2.17. The van der Waals surface area contributed by atoms with Gasteiger partial charge < -0.3 is 0 Å². The van der Waals surface area contributed by atoms with Crippen LogP contribution in [0.1, 0.15) is 26.3 Å². The molecule has 0 spiro atoms. The Morgan fingerprint density at radius 3 is 1.83 bits per heavy atom. The van der Waals surface area contributed by atoms with Crippen LogP contribution in [-0.4, -0.2) is 11.8 Å². The van der Waals surface area contributed by atoms with E-state index in [0.29, 0.717) is 16.8 Å². The Kier molecular flexibility index (Phi) is 3.28. The van der Waals surface area contributed by atoms with Crippen molar-refractivity contribution in [3.63, 3.8) is 0 Å². The number of hydrogen-bond acceptors (Lipinski definition) is 2. The first-order chi connectivity index (χ1) is 11.7. The highest BCUT2D eigenvalue weighted by molar-refractivity contribution is 6.34. The van der Waals surface area contributed by atoms with E-state index < -0.39 is 0 Å². The van der Waals surface area contributed by atoms with Gasteiger partial charge >= 0.3 is 0 Å². The van der Waals surface area contributed by atoms with E-state index in [0.717, 1.165) is 16.7 Å². The summed E-state index contributed by atoms with van der Waals surface area (Å²) in [6, 6.07) is 22.8. The van der Waals surface area contributed by atoms with Crippen LogP contribution in [0.2, 0.25) is 0 Å². The molecule has 0 N–H and O–H groups in total. The van der Waals surface area contributed by atoms with Crippen LogP contribution in [0.15, 0.2) is 72.8 Å². The van der Waals surface area contributed by atoms with E-state index in [-0.39, 0.29) is 11.8 Å². The number of nitrogens with zero attached hydrogens (tertiary/aromatic N) is 1. The van der Waals surface area contributed by atoms with Crippen molar-refractivity contribution in [3.05, 3.63) is 89.5 Å². The Bertz CT molecular complexity index is 926. The van der Waals surface area contributed by atoms with Gasteiger partial charge in [-0.15, -0.1) is 0 Å². The lowest BCUT2D eigenvalue weighted by atomic mass is 10.0. The third-order valence-corrected chi connectivity index (χ3v) is 4.34. The zero-order chi connectivity index (χ0) is 16.7. The molecule has 3 nitrogen and oxygen atoms in total. The summed E-state index contributed by atoms with van der Waals surface area (Å²) in [5.41, 5.74) is 4.64. The summed E-state index contributed by atoms with van der Waals surface area (Å²) in [5, 5.41) is 0. The molecule has 3 heteroatoms. The van der Waals surface area contributed by atoms with Gasteiger partial charge in [-0.1, -0.05) is 48.5 Å². The van der Waals surface area contributed by atoms with Crippen molar-refractivity contribution in [1.82, 2.24) is 0 Å². The van der Waals surface area contributed by atoms with Crippen molar-refractivity contribution in [2.75, 3.05) is 4.90 Å². The van der Waals surface area contributed by atoms with E-state index in [4.69, 9.17) is 0 Å². The molecule has 3 aromatic rings. The van der Waals surface area contributed by atoms with E-state index in [1.807, 2.05) is 55.5 Å². The van der Waals surface area contributed by atoms with E-state index in [9.17, 15) is 9.59 Å². The maximum Gasteiger partial charge on any atom is 0.266 e. The molecule has 0 aliphatic carbocycles. The summed E-state index contributed by atoms with van der Waals surface area (Å²) < 4.78 is 0. The third-order valence-electron chi connectivity index (χ3n) is 4.34. The second kappa shape index (κ2) is 5.46. The number of carbonyl (C=O) groups is 2. The molecule has 1 aliphatic rings. The van der Waals surface area contributed by atoms with Crippen LogP contribution >= 0.6 is 0 Å². The highest BCUT2D eigenvalue weighted by Gasteiger charge is 2.36. The molecule has 1 heterocycles. The summed E-state index contributed by atoms with van der Waals surface area (Å²) in [6.07, 6.45) is 0. The van der Waals surface area contributed by atoms with Crippen molar-refractivity contribution >= 4 is 17.5 Å². The fraction of sp³-hybridized carbons (Fsp3) is 0.0476. The average Bonchev–Trinajstić information content (AvgIpc) is 2.87. The molecule has 116 valence electrons. The number of fused-ring (bicyclic) bond motifs is 1. The molecule has 1 aliphatic heterocycles. The zero-order valence-electron chi connectivity index (χ0n) is 13.2. The molecule has 4 rings (SSSR count). The summed E-state index contributed by atoms with van der Waals surface area (Å²) in [6.45, 7) is 1.92. The number of carbonyl (C=O) groups excluding carboxylic acids is 2. The fourth-order valence-electron chi connectivity index (χ4n) is 3.12. The molecule has 0 aromatic heterocycles. The monoisotopic (exact) mass is 313 g/mol. The predicted octanol–water partition coefficient (Wildman–Crippen LogP) is 4.46. The Morgan fingerprint density at radius 2 is 1.25 bits per heavy atom. The third kappa shape index (κ3) is 2.14.